The summed E-state index contributed by atoms with van der Waals surface area (Å²) in [5.41, 5.74) is 0.823. The van der Waals surface area contributed by atoms with Crippen molar-refractivity contribution in [2.75, 3.05) is 6.61 Å². The summed E-state index contributed by atoms with van der Waals surface area (Å²) >= 11 is 0. The molecule has 7 heteroatoms. The third kappa shape index (κ3) is 3.85. The molecule has 1 N–H and O–H groups in total. The standard InChI is InChI=1S/C23H29N3O4/c1-4-26-11-19(21(28)17-8-5-13(2)24-22(17)26)23(29)30-12-20(27)25-14(3)18-10-15-6-7-16(18)9-15/h5,8,11,14-16,18H,4,6-7,9-10,12H2,1-3H3,(H,25,27)/t14-,15+,16-,18+/m0/s1. The zero-order valence-corrected chi connectivity index (χ0v) is 17.8. The number of carbonyl (C=O) groups excluding carboxylic acids is 2. The number of fused-ring (bicyclic) bond motifs is 3. The topological polar surface area (TPSA) is 90.3 Å². The van der Waals surface area contributed by atoms with Crippen LogP contribution in [-0.2, 0) is 16.1 Å². The summed E-state index contributed by atoms with van der Waals surface area (Å²) in [4.78, 5) is 42.1. The maximum absolute atomic E-state index is 12.8. The number of hydrogen-bond donors (Lipinski definition) is 1. The van der Waals surface area contributed by atoms with Gasteiger partial charge in [-0.05, 0) is 69.9 Å². The van der Waals surface area contributed by atoms with Crippen molar-refractivity contribution in [3.05, 3.63) is 39.8 Å². The van der Waals surface area contributed by atoms with E-state index < -0.39 is 11.4 Å². The summed E-state index contributed by atoms with van der Waals surface area (Å²) in [6.07, 6.45) is 6.49. The third-order valence-corrected chi connectivity index (χ3v) is 6.78. The number of esters is 1. The summed E-state index contributed by atoms with van der Waals surface area (Å²) in [5.74, 6) is 0.913. The monoisotopic (exact) mass is 411 g/mol. The highest BCUT2D eigenvalue weighted by Gasteiger charge is 2.42. The van der Waals surface area contributed by atoms with Crippen LogP contribution in [0.25, 0.3) is 11.0 Å². The van der Waals surface area contributed by atoms with Crippen molar-refractivity contribution in [3.8, 4) is 0 Å². The van der Waals surface area contributed by atoms with Gasteiger partial charge < -0.3 is 14.6 Å². The largest absolute Gasteiger partial charge is 0.452 e. The van der Waals surface area contributed by atoms with Crippen molar-refractivity contribution in [2.24, 2.45) is 17.8 Å². The molecule has 1 amide bonds. The van der Waals surface area contributed by atoms with E-state index in [-0.39, 0.29) is 24.1 Å². The van der Waals surface area contributed by atoms with Crippen molar-refractivity contribution in [2.45, 2.75) is 59.0 Å². The maximum Gasteiger partial charge on any atom is 0.344 e. The van der Waals surface area contributed by atoms with Gasteiger partial charge in [-0.3, -0.25) is 9.59 Å². The van der Waals surface area contributed by atoms with Gasteiger partial charge in [0.2, 0.25) is 5.43 Å². The fraction of sp³-hybridized carbons (Fsp3) is 0.565. The Bertz CT molecular complexity index is 1040. The normalized spacial score (nSPS) is 23.5. The van der Waals surface area contributed by atoms with Gasteiger partial charge in [-0.15, -0.1) is 0 Å². The number of carbonyl (C=O) groups is 2. The molecule has 0 saturated heterocycles. The average Bonchev–Trinajstić information content (AvgIpc) is 3.36. The lowest BCUT2D eigenvalue weighted by Crippen LogP contribution is -2.42. The molecular weight excluding hydrogens is 382 g/mol. The van der Waals surface area contributed by atoms with Gasteiger partial charge in [-0.2, -0.15) is 0 Å². The van der Waals surface area contributed by atoms with Crippen LogP contribution in [-0.4, -0.2) is 34.1 Å². The Labute approximate surface area is 175 Å². The molecule has 4 atom stereocenters. The smallest absolute Gasteiger partial charge is 0.344 e. The molecule has 2 aliphatic carbocycles. The molecular formula is C23H29N3O4. The maximum atomic E-state index is 12.8. The molecule has 2 aromatic rings. The fourth-order valence-corrected chi connectivity index (χ4v) is 5.26. The second-order valence-corrected chi connectivity index (χ2v) is 8.75. The van der Waals surface area contributed by atoms with Gasteiger partial charge in [-0.25, -0.2) is 9.78 Å². The molecule has 30 heavy (non-hydrogen) atoms. The van der Waals surface area contributed by atoms with Crippen molar-refractivity contribution in [1.29, 1.82) is 0 Å². The van der Waals surface area contributed by atoms with Crippen molar-refractivity contribution < 1.29 is 14.3 Å². The Kier molecular flexibility index (Phi) is 5.62. The molecule has 2 aliphatic rings. The molecule has 2 fully saturated rings. The molecule has 0 spiro atoms. The molecule has 2 aromatic heterocycles. The van der Waals surface area contributed by atoms with Crippen LogP contribution in [0.2, 0.25) is 0 Å². The minimum atomic E-state index is -0.785. The van der Waals surface area contributed by atoms with Crippen LogP contribution in [0.3, 0.4) is 0 Å². The number of aromatic nitrogens is 2. The molecule has 0 aromatic carbocycles. The summed E-state index contributed by atoms with van der Waals surface area (Å²) in [6, 6.07) is 3.48. The number of rotatable bonds is 6. The van der Waals surface area contributed by atoms with Gasteiger partial charge in [0, 0.05) is 24.5 Å². The lowest BCUT2D eigenvalue weighted by molar-refractivity contribution is -0.125. The Morgan fingerprint density at radius 3 is 2.77 bits per heavy atom. The number of amides is 1. The van der Waals surface area contributed by atoms with E-state index in [0.717, 1.165) is 11.6 Å². The predicted octanol–water partition coefficient (Wildman–Crippen LogP) is 2.82. The van der Waals surface area contributed by atoms with Gasteiger partial charge in [0.25, 0.3) is 5.91 Å². The average molecular weight is 412 g/mol. The predicted molar refractivity (Wildman–Crippen MR) is 113 cm³/mol. The van der Waals surface area contributed by atoms with Crippen molar-refractivity contribution >= 4 is 22.9 Å². The molecule has 0 radical (unpaired) electrons. The Hall–Kier alpha value is -2.70. The first-order valence-corrected chi connectivity index (χ1v) is 10.8. The summed E-state index contributed by atoms with van der Waals surface area (Å²) in [6.45, 7) is 5.95. The van der Waals surface area contributed by atoms with E-state index in [0.29, 0.717) is 29.4 Å². The Morgan fingerprint density at radius 1 is 1.30 bits per heavy atom. The van der Waals surface area contributed by atoms with Gasteiger partial charge in [0.15, 0.2) is 6.61 Å². The number of nitrogens with one attached hydrogen (secondary N) is 1. The molecule has 4 rings (SSSR count). The number of hydrogen-bond acceptors (Lipinski definition) is 5. The van der Waals surface area contributed by atoms with Gasteiger partial charge in [-0.1, -0.05) is 6.42 Å². The zero-order chi connectivity index (χ0) is 21.4. The number of aryl methyl sites for hydroxylation is 2. The lowest BCUT2D eigenvalue weighted by atomic mass is 9.84. The van der Waals surface area contributed by atoms with Gasteiger partial charge in [0.05, 0.1) is 5.39 Å². The Morgan fingerprint density at radius 2 is 2.10 bits per heavy atom. The van der Waals surface area contributed by atoms with Crippen LogP contribution in [0.15, 0.2) is 23.1 Å². The molecule has 7 nitrogen and oxygen atoms in total. The highest BCUT2D eigenvalue weighted by molar-refractivity contribution is 5.94. The second-order valence-electron chi connectivity index (χ2n) is 8.75. The van der Waals surface area contributed by atoms with Crippen LogP contribution in [0, 0.1) is 24.7 Å². The van der Waals surface area contributed by atoms with Gasteiger partial charge in [0.1, 0.15) is 11.2 Å². The van der Waals surface area contributed by atoms with Crippen LogP contribution >= 0.6 is 0 Å². The van der Waals surface area contributed by atoms with Crippen molar-refractivity contribution in [3.63, 3.8) is 0 Å². The second kappa shape index (κ2) is 8.20. The van der Waals surface area contributed by atoms with Gasteiger partial charge >= 0.3 is 5.97 Å². The quantitative estimate of drug-likeness (QED) is 0.738. The summed E-state index contributed by atoms with van der Waals surface area (Å²) in [5, 5.41) is 3.34. The van der Waals surface area contributed by atoms with E-state index >= 15 is 0 Å². The van der Waals surface area contributed by atoms with Crippen LogP contribution < -0.4 is 10.7 Å². The Balaban J connectivity index is 1.42. The molecule has 160 valence electrons. The molecule has 0 unspecified atom stereocenters. The zero-order valence-electron chi connectivity index (χ0n) is 17.8. The number of ether oxygens (including phenoxy) is 1. The minimum Gasteiger partial charge on any atom is -0.452 e. The highest BCUT2D eigenvalue weighted by Crippen LogP contribution is 2.49. The molecule has 2 bridgehead atoms. The number of nitrogens with zero attached hydrogens (tertiary/aromatic N) is 2. The first-order valence-electron chi connectivity index (χ1n) is 10.8. The minimum absolute atomic E-state index is 0.0683. The lowest BCUT2D eigenvalue weighted by Gasteiger charge is -2.28. The first-order chi connectivity index (χ1) is 14.4. The summed E-state index contributed by atoms with van der Waals surface area (Å²) in [7, 11) is 0. The molecule has 0 aliphatic heterocycles. The fourth-order valence-electron chi connectivity index (χ4n) is 5.26. The van der Waals surface area contributed by atoms with E-state index in [1.165, 1.54) is 31.9 Å². The van der Waals surface area contributed by atoms with E-state index in [4.69, 9.17) is 4.74 Å². The van der Waals surface area contributed by atoms with Crippen molar-refractivity contribution in [1.82, 2.24) is 14.9 Å². The summed E-state index contributed by atoms with van der Waals surface area (Å²) < 4.78 is 6.93. The highest BCUT2D eigenvalue weighted by atomic mass is 16.5. The van der Waals surface area contributed by atoms with E-state index in [2.05, 4.69) is 10.3 Å². The third-order valence-electron chi connectivity index (χ3n) is 6.78. The van der Waals surface area contributed by atoms with Crippen LogP contribution in [0.5, 0.6) is 0 Å². The first kappa shape index (κ1) is 20.6. The molecule has 2 heterocycles. The van der Waals surface area contributed by atoms with Crippen LogP contribution in [0.4, 0.5) is 0 Å². The van der Waals surface area contributed by atoms with E-state index in [9.17, 15) is 14.4 Å². The van der Waals surface area contributed by atoms with E-state index in [1.54, 1.807) is 16.7 Å². The molecule has 2 saturated carbocycles. The van der Waals surface area contributed by atoms with Crippen LogP contribution in [0.1, 0.15) is 55.6 Å². The van der Waals surface area contributed by atoms with E-state index in [1.807, 2.05) is 20.8 Å². The number of pyridine rings is 2. The SMILES string of the molecule is CCn1cc(C(=O)OCC(=O)N[C@@H](C)[C@H]2C[C@@H]3CC[C@H]2C3)c(=O)c2ccc(C)nc21.